The summed E-state index contributed by atoms with van der Waals surface area (Å²) in [6, 6.07) is 14.9. The van der Waals surface area contributed by atoms with Crippen LogP contribution in [0.5, 0.6) is 0 Å². The molecule has 100 valence electrons. The number of pyridine rings is 1. The number of aromatic nitrogens is 1. The van der Waals surface area contributed by atoms with Crippen molar-refractivity contribution in [2.24, 2.45) is 0 Å². The summed E-state index contributed by atoms with van der Waals surface area (Å²) in [5, 5.41) is 0. The van der Waals surface area contributed by atoms with Crippen LogP contribution in [-0.2, 0) is 13.1 Å². The Morgan fingerprint density at radius 2 is 1.53 bits per heavy atom. The molecule has 2 heteroatoms. The lowest BCUT2D eigenvalue weighted by atomic mass is 10.1. The van der Waals surface area contributed by atoms with E-state index in [1.54, 1.807) is 0 Å². The van der Waals surface area contributed by atoms with Gasteiger partial charge in [-0.1, -0.05) is 43.7 Å². The van der Waals surface area contributed by atoms with E-state index >= 15 is 0 Å². The van der Waals surface area contributed by atoms with Gasteiger partial charge in [-0.3, -0.25) is 9.88 Å². The molecule has 2 aromatic rings. The average Bonchev–Trinajstić information content (AvgIpc) is 2.47. The van der Waals surface area contributed by atoms with Crippen LogP contribution >= 0.6 is 0 Å². The number of hydrogen-bond acceptors (Lipinski definition) is 2. The predicted molar refractivity (Wildman–Crippen MR) is 79.7 cm³/mol. The third kappa shape index (κ3) is 4.84. The first-order chi connectivity index (χ1) is 9.38. The van der Waals surface area contributed by atoms with Crippen molar-refractivity contribution in [2.75, 3.05) is 6.54 Å². The van der Waals surface area contributed by atoms with E-state index in [0.29, 0.717) is 0 Å². The van der Waals surface area contributed by atoms with Crippen molar-refractivity contribution >= 4 is 0 Å². The number of benzene rings is 1. The maximum absolute atomic E-state index is 4.08. The molecule has 0 atom stereocenters. The highest BCUT2D eigenvalue weighted by Crippen LogP contribution is 2.10. The summed E-state index contributed by atoms with van der Waals surface area (Å²) in [6.45, 7) is 5.40. The molecule has 1 aromatic heterocycles. The Kier molecular flexibility index (Phi) is 5.57. The third-order valence-corrected chi connectivity index (χ3v) is 3.23. The fourth-order valence-electron chi connectivity index (χ4n) is 2.18. The van der Waals surface area contributed by atoms with E-state index in [2.05, 4.69) is 59.3 Å². The van der Waals surface area contributed by atoms with Gasteiger partial charge in [-0.2, -0.15) is 0 Å². The van der Waals surface area contributed by atoms with Crippen LogP contribution < -0.4 is 0 Å². The molecule has 0 saturated heterocycles. The predicted octanol–water partition coefficient (Wildman–Crippen LogP) is 3.88. The van der Waals surface area contributed by atoms with Gasteiger partial charge in [0.05, 0.1) is 0 Å². The van der Waals surface area contributed by atoms with Crippen molar-refractivity contribution in [3.05, 3.63) is 66.0 Å². The topological polar surface area (TPSA) is 16.1 Å². The second-order valence-corrected chi connectivity index (χ2v) is 4.91. The highest BCUT2D eigenvalue weighted by molar-refractivity contribution is 5.15. The molecule has 0 saturated carbocycles. The van der Waals surface area contributed by atoms with E-state index in [4.69, 9.17) is 0 Å². The molecule has 0 spiro atoms. The van der Waals surface area contributed by atoms with Gasteiger partial charge in [0.1, 0.15) is 0 Å². The molecule has 0 aliphatic carbocycles. The van der Waals surface area contributed by atoms with Crippen molar-refractivity contribution < 1.29 is 0 Å². The Morgan fingerprint density at radius 1 is 0.895 bits per heavy atom. The Bertz CT molecular complexity index is 412. The first-order valence-electron chi connectivity index (χ1n) is 7.03. The maximum Gasteiger partial charge on any atom is 0.0271 e. The number of unbranched alkanes of at least 4 members (excludes halogenated alkanes) is 1. The lowest BCUT2D eigenvalue weighted by molar-refractivity contribution is 0.252. The minimum atomic E-state index is 0.997. The van der Waals surface area contributed by atoms with Crippen molar-refractivity contribution in [2.45, 2.75) is 32.9 Å². The van der Waals surface area contributed by atoms with Crippen LogP contribution in [-0.4, -0.2) is 16.4 Å². The number of rotatable bonds is 7. The number of hydrogen-bond donors (Lipinski definition) is 0. The van der Waals surface area contributed by atoms with Crippen LogP contribution in [0.15, 0.2) is 54.9 Å². The zero-order valence-electron chi connectivity index (χ0n) is 11.6. The van der Waals surface area contributed by atoms with Crippen LogP contribution in [0.1, 0.15) is 30.9 Å². The first-order valence-corrected chi connectivity index (χ1v) is 7.03. The zero-order valence-corrected chi connectivity index (χ0v) is 11.6. The van der Waals surface area contributed by atoms with Crippen molar-refractivity contribution in [3.8, 4) is 0 Å². The molecule has 0 radical (unpaired) electrons. The van der Waals surface area contributed by atoms with Gasteiger partial charge in [0.15, 0.2) is 0 Å². The standard InChI is InChI=1S/C17H22N2/c1-2-3-13-19(14-16-7-5-4-6-8-16)15-17-9-11-18-12-10-17/h4-12H,2-3,13-15H2,1H3. The monoisotopic (exact) mass is 254 g/mol. The largest absolute Gasteiger partial charge is 0.295 e. The average molecular weight is 254 g/mol. The van der Waals surface area contributed by atoms with Crippen LogP contribution in [0.3, 0.4) is 0 Å². The molecule has 0 bridgehead atoms. The van der Waals surface area contributed by atoms with Crippen molar-refractivity contribution in [1.29, 1.82) is 0 Å². The smallest absolute Gasteiger partial charge is 0.0271 e. The highest BCUT2D eigenvalue weighted by Gasteiger charge is 2.06. The van der Waals surface area contributed by atoms with Crippen LogP contribution in [0, 0.1) is 0 Å². The summed E-state index contributed by atoms with van der Waals surface area (Å²) in [5.41, 5.74) is 2.72. The maximum atomic E-state index is 4.08. The minimum Gasteiger partial charge on any atom is -0.295 e. The van der Waals surface area contributed by atoms with E-state index < -0.39 is 0 Å². The zero-order chi connectivity index (χ0) is 13.3. The Labute approximate surface area is 116 Å². The molecular formula is C17H22N2. The molecular weight excluding hydrogens is 232 g/mol. The highest BCUT2D eigenvalue weighted by atomic mass is 15.1. The lowest BCUT2D eigenvalue weighted by Gasteiger charge is -2.22. The summed E-state index contributed by atoms with van der Waals surface area (Å²) in [5.74, 6) is 0. The summed E-state index contributed by atoms with van der Waals surface area (Å²) < 4.78 is 0. The van der Waals surface area contributed by atoms with Gasteiger partial charge in [0.25, 0.3) is 0 Å². The van der Waals surface area contributed by atoms with E-state index in [-0.39, 0.29) is 0 Å². The normalized spacial score (nSPS) is 10.8. The van der Waals surface area contributed by atoms with Gasteiger partial charge in [0, 0.05) is 25.5 Å². The number of nitrogens with zero attached hydrogens (tertiary/aromatic N) is 2. The van der Waals surface area contributed by atoms with Gasteiger partial charge in [-0.25, -0.2) is 0 Å². The SMILES string of the molecule is CCCCN(Cc1ccccc1)Cc1ccncc1. The van der Waals surface area contributed by atoms with Gasteiger partial charge < -0.3 is 0 Å². The molecule has 2 nitrogen and oxygen atoms in total. The van der Waals surface area contributed by atoms with Gasteiger partial charge in [-0.05, 0) is 36.2 Å². The van der Waals surface area contributed by atoms with Crippen molar-refractivity contribution in [3.63, 3.8) is 0 Å². The third-order valence-electron chi connectivity index (χ3n) is 3.23. The van der Waals surface area contributed by atoms with Gasteiger partial charge in [0.2, 0.25) is 0 Å². The second kappa shape index (κ2) is 7.70. The second-order valence-electron chi connectivity index (χ2n) is 4.91. The van der Waals surface area contributed by atoms with Gasteiger partial charge >= 0.3 is 0 Å². The van der Waals surface area contributed by atoms with E-state index in [1.165, 1.54) is 24.0 Å². The summed E-state index contributed by atoms with van der Waals surface area (Å²) in [6.07, 6.45) is 6.23. The fraction of sp³-hybridized carbons (Fsp3) is 0.353. The molecule has 0 unspecified atom stereocenters. The molecule has 1 heterocycles. The molecule has 0 amide bonds. The van der Waals surface area contributed by atoms with E-state index in [1.807, 2.05) is 12.4 Å². The fourth-order valence-corrected chi connectivity index (χ4v) is 2.18. The van der Waals surface area contributed by atoms with Gasteiger partial charge in [-0.15, -0.1) is 0 Å². The molecule has 0 N–H and O–H groups in total. The quantitative estimate of drug-likeness (QED) is 0.745. The summed E-state index contributed by atoms with van der Waals surface area (Å²) in [4.78, 5) is 6.59. The Hall–Kier alpha value is -1.67. The summed E-state index contributed by atoms with van der Waals surface area (Å²) >= 11 is 0. The van der Waals surface area contributed by atoms with Crippen LogP contribution in [0.2, 0.25) is 0 Å². The molecule has 2 rings (SSSR count). The molecule has 0 fully saturated rings. The minimum absolute atomic E-state index is 0.997. The Morgan fingerprint density at radius 3 is 2.16 bits per heavy atom. The lowest BCUT2D eigenvalue weighted by Crippen LogP contribution is -2.24. The van der Waals surface area contributed by atoms with E-state index in [9.17, 15) is 0 Å². The van der Waals surface area contributed by atoms with Crippen molar-refractivity contribution in [1.82, 2.24) is 9.88 Å². The molecule has 0 aliphatic rings. The Balaban J connectivity index is 1.99. The molecule has 1 aromatic carbocycles. The van der Waals surface area contributed by atoms with E-state index in [0.717, 1.165) is 19.6 Å². The molecule has 0 aliphatic heterocycles. The molecule has 19 heavy (non-hydrogen) atoms. The van der Waals surface area contributed by atoms with Crippen LogP contribution in [0.4, 0.5) is 0 Å². The van der Waals surface area contributed by atoms with Crippen LogP contribution in [0.25, 0.3) is 0 Å². The summed E-state index contributed by atoms with van der Waals surface area (Å²) in [7, 11) is 0. The first kappa shape index (κ1) is 13.8.